The van der Waals surface area contributed by atoms with Crippen LogP contribution >= 0.6 is 23.2 Å². The molecular formula is C24H14Cl2F3N3O. The molecule has 0 unspecified atom stereocenters. The highest BCUT2D eigenvalue weighted by atomic mass is 35.5. The van der Waals surface area contributed by atoms with E-state index in [0.717, 1.165) is 23.0 Å². The summed E-state index contributed by atoms with van der Waals surface area (Å²) in [5, 5.41) is 6.77. The van der Waals surface area contributed by atoms with Gasteiger partial charge in [0.1, 0.15) is 17.8 Å². The molecule has 0 aliphatic rings. The van der Waals surface area contributed by atoms with E-state index in [4.69, 9.17) is 33.0 Å². The maximum Gasteiger partial charge on any atom is 0.416 e. The Hall–Kier alpha value is -3.29. The second-order valence-corrected chi connectivity index (χ2v) is 8.13. The molecule has 0 aliphatic heterocycles. The lowest BCUT2D eigenvalue weighted by molar-refractivity contribution is -0.137. The maximum absolute atomic E-state index is 13.1. The van der Waals surface area contributed by atoms with E-state index in [2.05, 4.69) is 4.98 Å². The number of rotatable bonds is 4. The van der Waals surface area contributed by atoms with Crippen molar-refractivity contribution in [2.45, 2.75) is 12.8 Å². The first-order valence-electron chi connectivity index (χ1n) is 9.83. The van der Waals surface area contributed by atoms with Crippen LogP contribution in [0.2, 0.25) is 10.0 Å². The molecule has 0 bridgehead atoms. The molecule has 0 radical (unpaired) electrons. The third kappa shape index (κ3) is 3.98. The van der Waals surface area contributed by atoms with Gasteiger partial charge in [0.05, 0.1) is 26.5 Å². The van der Waals surface area contributed by atoms with Crippen LogP contribution in [0.1, 0.15) is 11.1 Å². The first-order chi connectivity index (χ1) is 15.8. The largest absolute Gasteiger partial charge is 0.472 e. The van der Waals surface area contributed by atoms with Gasteiger partial charge in [0.25, 0.3) is 0 Å². The molecule has 0 atom stereocenters. The molecule has 4 nitrogen and oxygen atoms in total. The molecule has 2 aromatic heterocycles. The minimum absolute atomic E-state index is 0.125. The Morgan fingerprint density at radius 1 is 0.879 bits per heavy atom. The van der Waals surface area contributed by atoms with Crippen LogP contribution < -0.4 is 4.74 Å². The quantitative estimate of drug-likeness (QED) is 0.263. The summed E-state index contributed by atoms with van der Waals surface area (Å²) < 4.78 is 46.9. The van der Waals surface area contributed by atoms with Crippen molar-refractivity contribution in [2.24, 2.45) is 0 Å². The van der Waals surface area contributed by atoms with Crippen molar-refractivity contribution in [1.29, 1.82) is 0 Å². The fourth-order valence-electron chi connectivity index (χ4n) is 3.62. The van der Waals surface area contributed by atoms with Crippen molar-refractivity contribution in [3.63, 3.8) is 0 Å². The summed E-state index contributed by atoms with van der Waals surface area (Å²) in [6, 6.07) is 17.5. The average Bonchev–Trinajstić information content (AvgIpc) is 3.16. The Kier molecular flexibility index (Phi) is 5.38. The molecule has 0 aliphatic carbocycles. The van der Waals surface area contributed by atoms with Gasteiger partial charge in [0.2, 0.25) is 5.88 Å². The average molecular weight is 488 g/mol. The Labute approximate surface area is 196 Å². The SMILES string of the molecule is FC(F)(F)c1cccc(COc2c3cnc4ccccc4c3nn2-c2c(Cl)cccc2Cl)c1. The number of hydrogen-bond donors (Lipinski definition) is 0. The Balaban J connectivity index is 1.66. The standard InChI is InChI=1S/C24H14Cl2F3N3O/c25-18-8-4-9-19(26)22(18)32-23(33-13-14-5-3-6-15(11-14)24(27,28)29)17-12-30-20-10-2-1-7-16(20)21(17)31-32/h1-12H,13H2. The first-order valence-corrected chi connectivity index (χ1v) is 10.6. The van der Waals surface area contributed by atoms with Gasteiger partial charge in [0.15, 0.2) is 0 Å². The molecule has 0 spiro atoms. The zero-order valence-electron chi connectivity index (χ0n) is 16.8. The Bertz CT molecular complexity index is 1480. The summed E-state index contributed by atoms with van der Waals surface area (Å²) in [5.41, 5.74) is 1.36. The van der Waals surface area contributed by atoms with Gasteiger partial charge in [0, 0.05) is 11.6 Å². The summed E-state index contributed by atoms with van der Waals surface area (Å²) in [6.45, 7) is -0.125. The van der Waals surface area contributed by atoms with E-state index in [1.165, 1.54) is 10.7 Å². The van der Waals surface area contributed by atoms with E-state index >= 15 is 0 Å². The summed E-state index contributed by atoms with van der Waals surface area (Å²) in [5.74, 6) is 0.274. The van der Waals surface area contributed by atoms with Crippen molar-refractivity contribution in [3.05, 3.63) is 94.1 Å². The van der Waals surface area contributed by atoms with Gasteiger partial charge in [-0.05, 0) is 35.9 Å². The summed E-state index contributed by atoms with van der Waals surface area (Å²) in [4.78, 5) is 4.48. The predicted molar refractivity (Wildman–Crippen MR) is 122 cm³/mol. The van der Waals surface area contributed by atoms with Gasteiger partial charge in [-0.1, -0.05) is 59.6 Å². The second-order valence-electron chi connectivity index (χ2n) is 7.31. The monoisotopic (exact) mass is 487 g/mol. The zero-order chi connectivity index (χ0) is 23.2. The van der Waals surface area contributed by atoms with Crippen molar-refractivity contribution < 1.29 is 17.9 Å². The minimum atomic E-state index is -4.45. The summed E-state index contributed by atoms with van der Waals surface area (Å²) >= 11 is 12.9. The van der Waals surface area contributed by atoms with Crippen LogP contribution in [0, 0.1) is 0 Å². The van der Waals surface area contributed by atoms with Crippen LogP contribution in [0.4, 0.5) is 13.2 Å². The number of hydrogen-bond acceptors (Lipinski definition) is 3. The second kappa shape index (κ2) is 8.24. The highest BCUT2D eigenvalue weighted by Crippen LogP contribution is 2.37. The van der Waals surface area contributed by atoms with Crippen molar-refractivity contribution in [1.82, 2.24) is 14.8 Å². The van der Waals surface area contributed by atoms with E-state index in [9.17, 15) is 13.2 Å². The number of halogens is 5. The lowest BCUT2D eigenvalue weighted by Gasteiger charge is -2.13. The fraction of sp³-hybridized carbons (Fsp3) is 0.0833. The molecule has 3 aromatic carbocycles. The third-order valence-corrected chi connectivity index (χ3v) is 5.76. The van der Waals surface area contributed by atoms with E-state index in [1.807, 2.05) is 24.3 Å². The van der Waals surface area contributed by atoms with Crippen LogP contribution in [0.15, 0.2) is 72.9 Å². The van der Waals surface area contributed by atoms with Gasteiger partial charge in [-0.2, -0.15) is 23.0 Å². The summed E-state index contributed by atoms with van der Waals surface area (Å²) in [6.07, 6.45) is -2.83. The van der Waals surface area contributed by atoms with Gasteiger partial charge in [-0.25, -0.2) is 0 Å². The van der Waals surface area contributed by atoms with Gasteiger partial charge in [-0.15, -0.1) is 0 Å². The fourth-order valence-corrected chi connectivity index (χ4v) is 4.18. The predicted octanol–water partition coefficient (Wildman–Crippen LogP) is 7.48. The number of ether oxygens (including phenoxy) is 1. The molecule has 5 rings (SSSR count). The van der Waals surface area contributed by atoms with Crippen LogP contribution in [0.5, 0.6) is 5.88 Å². The zero-order valence-corrected chi connectivity index (χ0v) is 18.3. The molecule has 9 heteroatoms. The van der Waals surface area contributed by atoms with Gasteiger partial charge in [-0.3, -0.25) is 4.98 Å². The van der Waals surface area contributed by atoms with Crippen molar-refractivity contribution >= 4 is 45.0 Å². The van der Waals surface area contributed by atoms with Crippen LogP contribution in [-0.2, 0) is 12.8 Å². The van der Waals surface area contributed by atoms with Crippen LogP contribution in [0.3, 0.4) is 0 Å². The molecule has 0 amide bonds. The molecule has 2 heterocycles. The van der Waals surface area contributed by atoms with E-state index in [-0.39, 0.29) is 12.5 Å². The number of nitrogens with zero attached hydrogens (tertiary/aromatic N) is 3. The van der Waals surface area contributed by atoms with Crippen LogP contribution in [0.25, 0.3) is 27.5 Å². The number of alkyl halides is 3. The molecule has 33 heavy (non-hydrogen) atoms. The molecule has 0 saturated carbocycles. The Morgan fingerprint density at radius 2 is 1.61 bits per heavy atom. The number of benzene rings is 3. The first kappa shape index (κ1) is 21.6. The number of aromatic nitrogens is 3. The number of para-hydroxylation sites is 2. The van der Waals surface area contributed by atoms with Gasteiger partial charge < -0.3 is 4.74 Å². The van der Waals surface area contributed by atoms with Crippen molar-refractivity contribution in [3.8, 4) is 11.6 Å². The topological polar surface area (TPSA) is 39.9 Å². The summed E-state index contributed by atoms with van der Waals surface area (Å²) in [7, 11) is 0. The van der Waals surface area contributed by atoms with Gasteiger partial charge >= 0.3 is 6.18 Å². The van der Waals surface area contributed by atoms with E-state index < -0.39 is 11.7 Å². The number of fused-ring (bicyclic) bond motifs is 3. The number of pyridine rings is 1. The third-order valence-electron chi connectivity index (χ3n) is 5.15. The Morgan fingerprint density at radius 3 is 2.36 bits per heavy atom. The lowest BCUT2D eigenvalue weighted by atomic mass is 10.1. The highest BCUT2D eigenvalue weighted by molar-refractivity contribution is 6.37. The van der Waals surface area contributed by atoms with E-state index in [1.54, 1.807) is 30.5 Å². The molecule has 0 fully saturated rings. The highest BCUT2D eigenvalue weighted by Gasteiger charge is 2.30. The molecule has 0 N–H and O–H groups in total. The maximum atomic E-state index is 13.1. The van der Waals surface area contributed by atoms with E-state index in [0.29, 0.717) is 32.2 Å². The molecular weight excluding hydrogens is 474 g/mol. The van der Waals surface area contributed by atoms with Crippen molar-refractivity contribution in [2.75, 3.05) is 0 Å². The minimum Gasteiger partial charge on any atom is -0.472 e. The normalized spacial score (nSPS) is 11.9. The molecule has 0 saturated heterocycles. The molecule has 166 valence electrons. The smallest absolute Gasteiger partial charge is 0.416 e. The molecule has 5 aromatic rings. The lowest BCUT2D eigenvalue weighted by Crippen LogP contribution is -2.07. The van der Waals surface area contributed by atoms with Crippen LogP contribution in [-0.4, -0.2) is 14.8 Å².